The number of benzene rings is 3. The Labute approximate surface area is 144 Å². The van der Waals surface area contributed by atoms with Crippen molar-refractivity contribution in [3.8, 4) is 5.75 Å². The number of nitrogens with one attached hydrogen (secondary N) is 1. The molecular formula is C18H15NO5S. The molecule has 0 fully saturated rings. The Bertz CT molecular complexity index is 1060. The second-order valence-electron chi connectivity index (χ2n) is 5.34. The fourth-order valence-corrected chi connectivity index (χ4v) is 3.56. The molecule has 128 valence electrons. The number of hydrogen-bond donors (Lipinski definition) is 2. The number of ether oxygens (including phenoxy) is 1. The number of anilines is 1. The summed E-state index contributed by atoms with van der Waals surface area (Å²) in [6.45, 7) is 0. The molecule has 0 aromatic heterocycles. The van der Waals surface area contributed by atoms with Crippen LogP contribution in [0.5, 0.6) is 5.75 Å². The van der Waals surface area contributed by atoms with Crippen LogP contribution in [0.1, 0.15) is 10.4 Å². The Hall–Kier alpha value is -3.06. The van der Waals surface area contributed by atoms with Crippen molar-refractivity contribution in [1.29, 1.82) is 0 Å². The molecule has 7 heteroatoms. The second kappa shape index (κ2) is 6.45. The van der Waals surface area contributed by atoms with E-state index in [0.717, 1.165) is 0 Å². The molecule has 2 N–H and O–H groups in total. The molecule has 3 rings (SSSR count). The predicted octanol–water partition coefficient (Wildman–Crippen LogP) is 3.13. The first kappa shape index (κ1) is 16.8. The highest BCUT2D eigenvalue weighted by Gasteiger charge is 2.17. The Balaban J connectivity index is 1.99. The van der Waals surface area contributed by atoms with E-state index in [1.165, 1.54) is 37.4 Å². The standard InChI is InChI=1S/C18H15NO5S/c1-24-18(21)13-6-4-7-14(9-13)19-25(22,23)15-10-12-5-2-3-8-16(12)17(20)11-15/h2-11,19-20H,1H3. The zero-order valence-electron chi connectivity index (χ0n) is 13.3. The number of fused-ring (bicyclic) bond motifs is 1. The van der Waals surface area contributed by atoms with Gasteiger partial charge in [-0.15, -0.1) is 0 Å². The summed E-state index contributed by atoms with van der Waals surface area (Å²) in [5.74, 6) is -0.689. The molecule has 0 aliphatic rings. The molecule has 0 aliphatic carbocycles. The molecule has 0 radical (unpaired) electrons. The van der Waals surface area contributed by atoms with Crippen LogP contribution in [0.2, 0.25) is 0 Å². The van der Waals surface area contributed by atoms with Crippen LogP contribution in [0, 0.1) is 0 Å². The lowest BCUT2D eigenvalue weighted by Gasteiger charge is -2.11. The van der Waals surface area contributed by atoms with Crippen molar-refractivity contribution in [1.82, 2.24) is 0 Å². The molecule has 0 saturated carbocycles. The Morgan fingerprint density at radius 2 is 1.80 bits per heavy atom. The topological polar surface area (TPSA) is 92.7 Å². The number of carbonyl (C=O) groups excluding carboxylic acids is 1. The van der Waals surface area contributed by atoms with Crippen molar-refractivity contribution in [2.24, 2.45) is 0 Å². The van der Waals surface area contributed by atoms with Crippen molar-refractivity contribution in [3.05, 3.63) is 66.2 Å². The van der Waals surface area contributed by atoms with E-state index in [-0.39, 0.29) is 21.9 Å². The van der Waals surface area contributed by atoms with Gasteiger partial charge >= 0.3 is 5.97 Å². The molecule has 25 heavy (non-hydrogen) atoms. The number of methoxy groups -OCH3 is 1. The molecule has 0 unspecified atom stereocenters. The first-order valence-corrected chi connectivity index (χ1v) is 8.82. The van der Waals surface area contributed by atoms with E-state index in [1.807, 2.05) is 0 Å². The summed E-state index contributed by atoms with van der Waals surface area (Å²) in [4.78, 5) is 11.5. The van der Waals surface area contributed by atoms with Gasteiger partial charge in [-0.3, -0.25) is 4.72 Å². The van der Waals surface area contributed by atoms with Gasteiger partial charge < -0.3 is 9.84 Å². The van der Waals surface area contributed by atoms with E-state index in [0.29, 0.717) is 10.8 Å². The molecule has 0 heterocycles. The normalized spacial score (nSPS) is 11.2. The number of esters is 1. The number of hydrogen-bond acceptors (Lipinski definition) is 5. The molecule has 0 aliphatic heterocycles. The molecule has 3 aromatic carbocycles. The number of rotatable bonds is 4. The zero-order chi connectivity index (χ0) is 18.0. The highest BCUT2D eigenvalue weighted by Crippen LogP contribution is 2.29. The van der Waals surface area contributed by atoms with Gasteiger partial charge in [0.25, 0.3) is 10.0 Å². The smallest absolute Gasteiger partial charge is 0.337 e. The number of phenols is 1. The SMILES string of the molecule is COC(=O)c1cccc(NS(=O)(=O)c2cc(O)c3ccccc3c2)c1. The van der Waals surface area contributed by atoms with Crippen LogP contribution in [0.3, 0.4) is 0 Å². The molecule has 0 saturated heterocycles. The lowest BCUT2D eigenvalue weighted by atomic mass is 10.1. The van der Waals surface area contributed by atoms with Crippen molar-refractivity contribution >= 4 is 32.5 Å². The van der Waals surface area contributed by atoms with E-state index < -0.39 is 16.0 Å². The maximum absolute atomic E-state index is 12.6. The second-order valence-corrected chi connectivity index (χ2v) is 7.02. The number of carbonyl (C=O) groups is 1. The average Bonchev–Trinajstić information content (AvgIpc) is 2.61. The van der Waals surface area contributed by atoms with Gasteiger partial charge in [-0.1, -0.05) is 30.3 Å². The number of phenolic OH excluding ortho intramolecular Hbond substituents is 1. The minimum absolute atomic E-state index is 0.0767. The molecule has 6 nitrogen and oxygen atoms in total. The van der Waals surface area contributed by atoms with Crippen molar-refractivity contribution in [2.45, 2.75) is 4.90 Å². The van der Waals surface area contributed by atoms with Crippen LogP contribution in [-0.4, -0.2) is 26.6 Å². The Kier molecular flexibility index (Phi) is 4.33. The van der Waals surface area contributed by atoms with E-state index in [2.05, 4.69) is 9.46 Å². The van der Waals surface area contributed by atoms with Crippen molar-refractivity contribution in [2.75, 3.05) is 11.8 Å². The molecular weight excluding hydrogens is 342 g/mol. The molecule has 0 bridgehead atoms. The summed E-state index contributed by atoms with van der Waals surface area (Å²) in [6.07, 6.45) is 0. The average molecular weight is 357 g/mol. The van der Waals surface area contributed by atoms with Crippen LogP contribution >= 0.6 is 0 Å². The van der Waals surface area contributed by atoms with Gasteiger partial charge in [0.2, 0.25) is 0 Å². The Morgan fingerprint density at radius 3 is 2.56 bits per heavy atom. The zero-order valence-corrected chi connectivity index (χ0v) is 14.1. The van der Waals surface area contributed by atoms with Gasteiger partial charge in [0, 0.05) is 17.1 Å². The van der Waals surface area contributed by atoms with Crippen LogP contribution in [0.15, 0.2) is 65.6 Å². The van der Waals surface area contributed by atoms with Gasteiger partial charge in [-0.25, -0.2) is 13.2 Å². The highest BCUT2D eigenvalue weighted by atomic mass is 32.2. The number of aromatic hydroxyl groups is 1. The van der Waals surface area contributed by atoms with E-state index in [4.69, 9.17) is 0 Å². The molecule has 0 spiro atoms. The minimum Gasteiger partial charge on any atom is -0.507 e. The van der Waals surface area contributed by atoms with Gasteiger partial charge in [0.05, 0.1) is 17.6 Å². The van der Waals surface area contributed by atoms with Crippen LogP contribution < -0.4 is 4.72 Å². The Morgan fingerprint density at radius 1 is 1.04 bits per heavy atom. The third-order valence-corrected chi connectivity index (χ3v) is 5.02. The predicted molar refractivity (Wildman–Crippen MR) is 94.2 cm³/mol. The first-order chi connectivity index (χ1) is 11.9. The molecule has 3 aromatic rings. The first-order valence-electron chi connectivity index (χ1n) is 7.34. The monoisotopic (exact) mass is 357 g/mol. The summed E-state index contributed by atoms with van der Waals surface area (Å²) in [6, 6.07) is 15.6. The van der Waals surface area contributed by atoms with E-state index in [9.17, 15) is 18.3 Å². The van der Waals surface area contributed by atoms with Crippen molar-refractivity contribution in [3.63, 3.8) is 0 Å². The maximum Gasteiger partial charge on any atom is 0.337 e. The maximum atomic E-state index is 12.6. The molecule has 0 amide bonds. The van der Waals surface area contributed by atoms with Crippen LogP contribution in [0.4, 0.5) is 5.69 Å². The summed E-state index contributed by atoms with van der Waals surface area (Å²) < 4.78 is 32.2. The van der Waals surface area contributed by atoms with Gasteiger partial charge in [-0.05, 0) is 29.7 Å². The lowest BCUT2D eigenvalue weighted by Crippen LogP contribution is -2.13. The van der Waals surface area contributed by atoms with Gasteiger partial charge in [-0.2, -0.15) is 0 Å². The van der Waals surface area contributed by atoms with Crippen LogP contribution in [0.25, 0.3) is 10.8 Å². The minimum atomic E-state index is -3.94. The number of sulfonamides is 1. The van der Waals surface area contributed by atoms with Crippen molar-refractivity contribution < 1.29 is 23.1 Å². The third kappa shape index (κ3) is 3.41. The molecule has 0 atom stereocenters. The summed E-state index contributed by atoms with van der Waals surface area (Å²) >= 11 is 0. The van der Waals surface area contributed by atoms with Crippen LogP contribution in [-0.2, 0) is 14.8 Å². The third-order valence-electron chi connectivity index (χ3n) is 3.66. The van der Waals surface area contributed by atoms with E-state index >= 15 is 0 Å². The lowest BCUT2D eigenvalue weighted by molar-refractivity contribution is 0.0600. The van der Waals surface area contributed by atoms with Gasteiger partial charge in [0.15, 0.2) is 0 Å². The quantitative estimate of drug-likeness (QED) is 0.700. The summed E-state index contributed by atoms with van der Waals surface area (Å²) in [5.41, 5.74) is 0.444. The fourth-order valence-electron chi connectivity index (χ4n) is 2.46. The van der Waals surface area contributed by atoms with Gasteiger partial charge in [0.1, 0.15) is 5.75 Å². The summed E-state index contributed by atoms with van der Waals surface area (Å²) in [7, 11) is -2.69. The summed E-state index contributed by atoms with van der Waals surface area (Å²) in [5, 5.41) is 11.2. The largest absolute Gasteiger partial charge is 0.507 e. The fraction of sp³-hybridized carbons (Fsp3) is 0.0556. The highest BCUT2D eigenvalue weighted by molar-refractivity contribution is 7.92. The van der Waals surface area contributed by atoms with E-state index in [1.54, 1.807) is 30.3 Å².